The van der Waals surface area contributed by atoms with Gasteiger partial charge in [0.1, 0.15) is 18.1 Å². The first kappa shape index (κ1) is 16.3. The van der Waals surface area contributed by atoms with Crippen molar-refractivity contribution in [3.63, 3.8) is 0 Å². The van der Waals surface area contributed by atoms with E-state index in [9.17, 15) is 9.59 Å². The Bertz CT molecular complexity index is 716. The van der Waals surface area contributed by atoms with Crippen LogP contribution >= 0.6 is 0 Å². The van der Waals surface area contributed by atoms with Gasteiger partial charge in [-0.25, -0.2) is 0 Å². The maximum absolute atomic E-state index is 13.0. The van der Waals surface area contributed by atoms with E-state index in [0.717, 1.165) is 12.0 Å². The molecule has 0 aromatic heterocycles. The topological polar surface area (TPSA) is 55.8 Å². The summed E-state index contributed by atoms with van der Waals surface area (Å²) in [6, 6.07) is 9.71. The second-order valence-corrected chi connectivity index (χ2v) is 7.22. The molecule has 0 radical (unpaired) electrons. The highest BCUT2D eigenvalue weighted by atomic mass is 16.6. The summed E-state index contributed by atoms with van der Waals surface area (Å²) >= 11 is 0. The molecule has 3 aliphatic heterocycles. The molecule has 2 fully saturated rings. The van der Waals surface area contributed by atoms with Crippen molar-refractivity contribution in [2.45, 2.75) is 44.6 Å². The smallest absolute Gasteiger partial charge is 0.313 e. The fourth-order valence-corrected chi connectivity index (χ4v) is 4.22. The molecule has 25 heavy (non-hydrogen) atoms. The first-order chi connectivity index (χ1) is 12.1. The predicted octanol–water partition coefficient (Wildman–Crippen LogP) is 2.31. The van der Waals surface area contributed by atoms with Crippen molar-refractivity contribution in [3.05, 3.63) is 48.0 Å². The van der Waals surface area contributed by atoms with Crippen molar-refractivity contribution in [1.82, 2.24) is 4.90 Å². The molecule has 1 amide bonds. The zero-order valence-electron chi connectivity index (χ0n) is 14.6. The van der Waals surface area contributed by atoms with Crippen molar-refractivity contribution < 1.29 is 19.1 Å². The van der Waals surface area contributed by atoms with E-state index in [1.165, 1.54) is 0 Å². The molecule has 0 saturated carbocycles. The van der Waals surface area contributed by atoms with Gasteiger partial charge in [-0.05, 0) is 18.9 Å². The number of esters is 1. The fraction of sp³-hybridized carbons (Fsp3) is 0.500. The van der Waals surface area contributed by atoms with Crippen LogP contribution < -0.4 is 0 Å². The van der Waals surface area contributed by atoms with Crippen LogP contribution in [0.4, 0.5) is 0 Å². The predicted molar refractivity (Wildman–Crippen MR) is 91.4 cm³/mol. The van der Waals surface area contributed by atoms with E-state index in [2.05, 4.69) is 6.92 Å². The van der Waals surface area contributed by atoms with Crippen LogP contribution in [0.15, 0.2) is 42.5 Å². The average Bonchev–Trinajstić information content (AvgIpc) is 3.28. The third-order valence-electron chi connectivity index (χ3n) is 5.75. The van der Waals surface area contributed by atoms with Crippen LogP contribution in [0, 0.1) is 11.8 Å². The minimum atomic E-state index is -0.651. The van der Waals surface area contributed by atoms with Gasteiger partial charge in [0, 0.05) is 6.04 Å². The van der Waals surface area contributed by atoms with Crippen molar-refractivity contribution in [2.24, 2.45) is 11.8 Å². The number of hydrogen-bond acceptors (Lipinski definition) is 4. The Kier molecular flexibility index (Phi) is 3.91. The molecular formula is C20H23NO4. The van der Waals surface area contributed by atoms with E-state index >= 15 is 0 Å². The number of hydrogen-bond donors (Lipinski definition) is 0. The minimum Gasteiger partial charge on any atom is -0.460 e. The van der Waals surface area contributed by atoms with Crippen LogP contribution in [-0.4, -0.2) is 41.1 Å². The van der Waals surface area contributed by atoms with Gasteiger partial charge in [0.05, 0.1) is 18.6 Å². The Morgan fingerprint density at radius 3 is 2.88 bits per heavy atom. The van der Waals surface area contributed by atoms with Gasteiger partial charge in [0.2, 0.25) is 5.91 Å². The molecule has 0 unspecified atom stereocenters. The number of fused-ring (bicyclic) bond motifs is 1. The lowest BCUT2D eigenvalue weighted by Crippen LogP contribution is -2.41. The summed E-state index contributed by atoms with van der Waals surface area (Å²) in [5.74, 6) is -1.33. The highest BCUT2D eigenvalue weighted by Gasteiger charge is 2.67. The highest BCUT2D eigenvalue weighted by Crippen LogP contribution is 2.52. The Morgan fingerprint density at radius 2 is 2.16 bits per heavy atom. The molecule has 0 aliphatic carbocycles. The average molecular weight is 341 g/mol. The maximum atomic E-state index is 13.0. The Balaban J connectivity index is 1.52. The molecule has 5 atom stereocenters. The molecule has 4 rings (SSSR count). The van der Waals surface area contributed by atoms with Gasteiger partial charge in [-0.3, -0.25) is 9.59 Å². The second-order valence-electron chi connectivity index (χ2n) is 7.22. The Labute approximate surface area is 147 Å². The third-order valence-corrected chi connectivity index (χ3v) is 5.75. The van der Waals surface area contributed by atoms with Crippen molar-refractivity contribution in [1.29, 1.82) is 0 Å². The Morgan fingerprint density at radius 1 is 1.40 bits per heavy atom. The fourth-order valence-electron chi connectivity index (χ4n) is 4.22. The van der Waals surface area contributed by atoms with E-state index in [0.29, 0.717) is 6.54 Å². The van der Waals surface area contributed by atoms with E-state index in [1.54, 1.807) is 0 Å². The lowest BCUT2D eigenvalue weighted by molar-refractivity contribution is -0.155. The summed E-state index contributed by atoms with van der Waals surface area (Å²) in [7, 11) is 0. The van der Waals surface area contributed by atoms with Crippen molar-refractivity contribution >= 4 is 11.9 Å². The zero-order chi connectivity index (χ0) is 17.6. The van der Waals surface area contributed by atoms with E-state index in [1.807, 2.05) is 54.3 Å². The normalized spacial score (nSPS) is 33.6. The van der Waals surface area contributed by atoms with Gasteiger partial charge in [-0.1, -0.05) is 49.4 Å². The maximum Gasteiger partial charge on any atom is 0.313 e. The number of likely N-dealkylation sites (tertiary alicyclic amines) is 1. The van der Waals surface area contributed by atoms with E-state index < -0.39 is 17.4 Å². The van der Waals surface area contributed by atoms with Gasteiger partial charge < -0.3 is 14.4 Å². The number of rotatable bonds is 5. The van der Waals surface area contributed by atoms with E-state index in [4.69, 9.17) is 9.47 Å². The van der Waals surface area contributed by atoms with Gasteiger partial charge in [-0.2, -0.15) is 0 Å². The second kappa shape index (κ2) is 5.99. The van der Waals surface area contributed by atoms with E-state index in [-0.39, 0.29) is 30.6 Å². The summed E-state index contributed by atoms with van der Waals surface area (Å²) in [6.45, 7) is 4.84. The van der Waals surface area contributed by atoms with Crippen LogP contribution in [-0.2, 0) is 25.7 Å². The first-order valence-corrected chi connectivity index (χ1v) is 8.94. The minimum absolute atomic E-state index is 0.0165. The van der Waals surface area contributed by atoms with Crippen LogP contribution in [0.1, 0.15) is 25.8 Å². The summed E-state index contributed by atoms with van der Waals surface area (Å²) in [6.07, 6.45) is 4.42. The largest absolute Gasteiger partial charge is 0.460 e. The molecule has 2 bridgehead atoms. The van der Waals surface area contributed by atoms with Gasteiger partial charge in [-0.15, -0.1) is 0 Å². The van der Waals surface area contributed by atoms with Crippen LogP contribution in [0.5, 0.6) is 0 Å². The Hall–Kier alpha value is -2.14. The molecule has 2 saturated heterocycles. The van der Waals surface area contributed by atoms with Gasteiger partial charge in [0.15, 0.2) is 0 Å². The molecule has 1 aromatic rings. The van der Waals surface area contributed by atoms with Crippen molar-refractivity contribution in [3.8, 4) is 0 Å². The molecule has 132 valence electrons. The first-order valence-electron chi connectivity index (χ1n) is 8.94. The third kappa shape index (κ3) is 2.49. The quantitative estimate of drug-likeness (QED) is 0.609. The number of carbonyl (C=O) groups is 2. The van der Waals surface area contributed by atoms with Gasteiger partial charge in [0.25, 0.3) is 0 Å². The van der Waals surface area contributed by atoms with Gasteiger partial charge >= 0.3 is 5.97 Å². The monoisotopic (exact) mass is 341 g/mol. The summed E-state index contributed by atoms with van der Waals surface area (Å²) in [4.78, 5) is 27.6. The molecule has 0 N–H and O–H groups in total. The summed E-state index contributed by atoms with van der Waals surface area (Å²) in [5, 5.41) is 0. The number of carbonyl (C=O) groups excluding carboxylic acids is 2. The lowest BCUT2D eigenvalue weighted by Gasteiger charge is -2.26. The molecule has 3 aliphatic rings. The molecule has 5 nitrogen and oxygen atoms in total. The summed E-state index contributed by atoms with van der Waals surface area (Å²) < 4.78 is 11.6. The highest BCUT2D eigenvalue weighted by molar-refractivity contribution is 5.91. The van der Waals surface area contributed by atoms with Crippen LogP contribution in [0.2, 0.25) is 0 Å². The molecule has 1 spiro atoms. The number of amides is 1. The number of benzene rings is 1. The zero-order valence-corrected chi connectivity index (χ0v) is 14.6. The molecular weight excluding hydrogens is 318 g/mol. The molecule has 5 heteroatoms. The molecule has 3 heterocycles. The standard InChI is InChI=1S/C20H23NO4/c1-3-13(2)21-12-20-10-9-15(25-20)16(17(20)18(21)22)19(23)24-11-14-7-5-4-6-8-14/h4-10,13,15-17H,3,11-12H2,1-2H3/t13-,15+,16-,17+,20+/m0/s1. The lowest BCUT2D eigenvalue weighted by atomic mass is 9.77. The van der Waals surface area contributed by atoms with Crippen LogP contribution in [0.25, 0.3) is 0 Å². The van der Waals surface area contributed by atoms with Crippen LogP contribution in [0.3, 0.4) is 0 Å². The SMILES string of the molecule is CC[C@H](C)N1C[C@@]23C=C[C@@H](O2)[C@H](C(=O)OCc2ccccc2)[C@@H]3C1=O. The van der Waals surface area contributed by atoms with Crippen molar-refractivity contribution in [2.75, 3.05) is 6.54 Å². The number of ether oxygens (including phenoxy) is 2. The number of nitrogens with zero attached hydrogens (tertiary/aromatic N) is 1. The molecule has 1 aromatic carbocycles. The summed E-state index contributed by atoms with van der Waals surface area (Å²) in [5.41, 5.74) is 0.283.